The molecular weight excluding hydrogens is 385 g/mol. The van der Waals surface area contributed by atoms with Crippen LogP contribution in [0, 0.1) is 0 Å². The van der Waals surface area contributed by atoms with Gasteiger partial charge in [0.05, 0.1) is 18.2 Å². The molecule has 0 aliphatic heterocycles. The summed E-state index contributed by atoms with van der Waals surface area (Å²) < 4.78 is 45.0. The molecule has 2 N–H and O–H groups in total. The van der Waals surface area contributed by atoms with E-state index < -0.39 is 11.7 Å². The van der Waals surface area contributed by atoms with E-state index in [0.717, 1.165) is 25.3 Å². The van der Waals surface area contributed by atoms with E-state index in [1.807, 2.05) is 0 Å². The molecule has 3 rings (SSSR count). The first kappa shape index (κ1) is 21.4. The van der Waals surface area contributed by atoms with Crippen LogP contribution in [0.2, 0.25) is 0 Å². The summed E-state index contributed by atoms with van der Waals surface area (Å²) >= 11 is 1.27. The quantitative estimate of drug-likeness (QED) is 0.582. The van der Waals surface area contributed by atoms with Gasteiger partial charge in [-0.05, 0) is 44.1 Å². The smallest absolute Gasteiger partial charge is 0.416 e. The number of nitrogens with one attached hydrogen (secondary N) is 2. The number of thioether (sulfide) groups is 1. The van der Waals surface area contributed by atoms with E-state index >= 15 is 0 Å². The van der Waals surface area contributed by atoms with E-state index in [9.17, 15) is 13.2 Å². The molecule has 2 aliphatic carbocycles. The second-order valence-corrected chi connectivity index (χ2v) is 8.52. The Bertz CT molecular complexity index is 678. The second-order valence-electron chi connectivity index (χ2n) is 7.67. The fourth-order valence-corrected chi connectivity index (χ4v) is 4.72. The van der Waals surface area contributed by atoms with Gasteiger partial charge in [0.15, 0.2) is 0 Å². The molecule has 0 aromatic heterocycles. The van der Waals surface area contributed by atoms with Gasteiger partial charge in [-0.3, -0.25) is 0 Å². The summed E-state index contributed by atoms with van der Waals surface area (Å²) in [5, 5.41) is 7.27. The predicted molar refractivity (Wildman–Crippen MR) is 109 cm³/mol. The Morgan fingerprint density at radius 3 is 2.32 bits per heavy atom. The number of methoxy groups -OCH3 is 1. The van der Waals surface area contributed by atoms with Crippen LogP contribution in [0.25, 0.3) is 5.70 Å². The molecule has 0 heterocycles. The molecule has 7 heteroatoms. The highest BCUT2D eigenvalue weighted by atomic mass is 32.2. The molecule has 0 radical (unpaired) electrons. The van der Waals surface area contributed by atoms with Gasteiger partial charge in [0.2, 0.25) is 0 Å². The second kappa shape index (κ2) is 8.99. The zero-order chi connectivity index (χ0) is 20.3. The highest BCUT2D eigenvalue weighted by Crippen LogP contribution is 2.40. The lowest BCUT2D eigenvalue weighted by atomic mass is 9.86. The molecule has 0 amide bonds. The highest BCUT2D eigenvalue weighted by Gasteiger charge is 2.34. The van der Waals surface area contributed by atoms with Crippen LogP contribution >= 0.6 is 11.8 Å². The first-order chi connectivity index (χ1) is 13.3. The molecule has 0 spiro atoms. The van der Waals surface area contributed by atoms with E-state index in [0.29, 0.717) is 28.2 Å². The Morgan fingerprint density at radius 1 is 1.11 bits per heavy atom. The number of hydrogen-bond donors (Lipinski definition) is 2. The Morgan fingerprint density at radius 2 is 1.79 bits per heavy atom. The molecule has 156 valence electrons. The lowest BCUT2D eigenvalue weighted by molar-refractivity contribution is -0.137. The van der Waals surface area contributed by atoms with E-state index in [4.69, 9.17) is 4.74 Å². The number of benzene rings is 1. The molecule has 1 aromatic carbocycles. The standard InChI is InChI=1S/C21H29F3N2OS/c1-13(25-16-9-4-5-10-17(16)26-15-7-6-8-15)20-18(27-2)11-14(21(22,23)24)12-19(20)28-3/h11-12,15-17,25-26H,1,4-10H2,2-3H3/t16-,17+/m1/s1. The van der Waals surface area contributed by atoms with E-state index in [2.05, 4.69) is 17.2 Å². The molecule has 0 unspecified atom stereocenters. The SMILES string of the molecule is C=C(N[C@@H]1CCCC[C@@H]1NC1CCC1)c1c(OC)cc(C(F)(F)F)cc1SC. The van der Waals surface area contributed by atoms with Gasteiger partial charge in [0.1, 0.15) is 5.75 Å². The first-order valence-electron chi connectivity index (χ1n) is 9.88. The van der Waals surface area contributed by atoms with Gasteiger partial charge in [-0.1, -0.05) is 25.8 Å². The van der Waals surface area contributed by atoms with E-state index in [1.165, 1.54) is 50.6 Å². The maximum Gasteiger partial charge on any atom is 0.416 e. The van der Waals surface area contributed by atoms with E-state index in [-0.39, 0.29) is 11.8 Å². The van der Waals surface area contributed by atoms with Crippen molar-refractivity contribution in [2.45, 2.75) is 74.1 Å². The van der Waals surface area contributed by atoms with Crippen molar-refractivity contribution in [2.75, 3.05) is 13.4 Å². The first-order valence-corrected chi connectivity index (χ1v) is 11.1. The van der Waals surface area contributed by atoms with Gasteiger partial charge in [0.25, 0.3) is 0 Å². The van der Waals surface area contributed by atoms with Crippen molar-refractivity contribution in [3.8, 4) is 5.75 Å². The van der Waals surface area contributed by atoms with Crippen LogP contribution in [0.15, 0.2) is 23.6 Å². The molecule has 0 bridgehead atoms. The number of rotatable bonds is 7. The fraction of sp³-hybridized carbons (Fsp3) is 0.619. The summed E-state index contributed by atoms with van der Waals surface area (Å²) in [5.74, 6) is 0.205. The third-order valence-corrected chi connectivity index (χ3v) is 6.58. The van der Waals surface area contributed by atoms with Gasteiger partial charge in [-0.25, -0.2) is 0 Å². The van der Waals surface area contributed by atoms with Gasteiger partial charge < -0.3 is 15.4 Å². The van der Waals surface area contributed by atoms with Gasteiger partial charge >= 0.3 is 6.18 Å². The number of ether oxygens (including phenoxy) is 1. The van der Waals surface area contributed by atoms with Crippen molar-refractivity contribution in [2.24, 2.45) is 0 Å². The molecule has 2 fully saturated rings. The summed E-state index contributed by atoms with van der Waals surface area (Å²) in [5.41, 5.74) is 0.547. The molecular formula is C21H29F3N2OS. The van der Waals surface area contributed by atoms with Crippen molar-refractivity contribution < 1.29 is 17.9 Å². The minimum absolute atomic E-state index is 0.205. The Hall–Kier alpha value is -1.34. The summed E-state index contributed by atoms with van der Waals surface area (Å²) in [6, 6.07) is 3.44. The predicted octanol–water partition coefficient (Wildman–Crippen LogP) is 5.45. The third-order valence-electron chi connectivity index (χ3n) is 5.82. The molecule has 28 heavy (non-hydrogen) atoms. The fourth-order valence-electron chi connectivity index (χ4n) is 4.05. The normalized spacial score (nSPS) is 23.2. The Kier molecular flexibility index (Phi) is 6.86. The minimum atomic E-state index is -4.41. The molecule has 3 nitrogen and oxygen atoms in total. The van der Waals surface area contributed by atoms with E-state index in [1.54, 1.807) is 6.26 Å². The average molecular weight is 415 g/mol. The zero-order valence-electron chi connectivity index (χ0n) is 16.5. The van der Waals surface area contributed by atoms with Crippen LogP contribution < -0.4 is 15.4 Å². The van der Waals surface area contributed by atoms with Crippen molar-refractivity contribution in [1.82, 2.24) is 10.6 Å². The summed E-state index contributed by atoms with van der Waals surface area (Å²) in [7, 11) is 1.40. The topological polar surface area (TPSA) is 33.3 Å². The molecule has 2 aliphatic rings. The van der Waals surface area contributed by atoms with Crippen LogP contribution in [0.4, 0.5) is 13.2 Å². The van der Waals surface area contributed by atoms with Crippen molar-refractivity contribution in [3.05, 3.63) is 29.8 Å². The van der Waals surface area contributed by atoms with Crippen LogP contribution in [-0.2, 0) is 6.18 Å². The van der Waals surface area contributed by atoms with Crippen molar-refractivity contribution in [1.29, 1.82) is 0 Å². The molecule has 0 saturated heterocycles. The lowest BCUT2D eigenvalue weighted by Crippen LogP contribution is -2.53. The maximum atomic E-state index is 13.2. The van der Waals surface area contributed by atoms with Gasteiger partial charge in [0, 0.05) is 28.7 Å². The summed E-state index contributed by atoms with van der Waals surface area (Å²) in [4.78, 5) is 0.517. The third kappa shape index (κ3) is 4.79. The van der Waals surface area contributed by atoms with Gasteiger partial charge in [-0.15, -0.1) is 11.8 Å². The minimum Gasteiger partial charge on any atom is -0.496 e. The average Bonchev–Trinajstić information content (AvgIpc) is 2.63. The monoisotopic (exact) mass is 414 g/mol. The Labute approximate surface area is 169 Å². The van der Waals surface area contributed by atoms with Crippen LogP contribution in [0.5, 0.6) is 5.75 Å². The molecule has 1 aromatic rings. The Balaban J connectivity index is 1.82. The maximum absolute atomic E-state index is 13.2. The summed E-state index contributed by atoms with van der Waals surface area (Å²) in [6.07, 6.45) is 5.60. The summed E-state index contributed by atoms with van der Waals surface area (Å²) in [6.45, 7) is 4.16. The highest BCUT2D eigenvalue weighted by molar-refractivity contribution is 7.98. The number of hydrogen-bond acceptors (Lipinski definition) is 4. The number of alkyl halides is 3. The van der Waals surface area contributed by atoms with Crippen LogP contribution in [-0.4, -0.2) is 31.5 Å². The molecule has 2 saturated carbocycles. The van der Waals surface area contributed by atoms with Crippen LogP contribution in [0.1, 0.15) is 56.1 Å². The van der Waals surface area contributed by atoms with Crippen molar-refractivity contribution >= 4 is 17.5 Å². The van der Waals surface area contributed by atoms with Gasteiger partial charge in [-0.2, -0.15) is 13.2 Å². The molecule has 2 atom stereocenters. The number of halogens is 3. The lowest BCUT2D eigenvalue weighted by Gasteiger charge is -2.39. The largest absolute Gasteiger partial charge is 0.496 e. The zero-order valence-corrected chi connectivity index (χ0v) is 17.3. The van der Waals surface area contributed by atoms with Crippen molar-refractivity contribution in [3.63, 3.8) is 0 Å². The van der Waals surface area contributed by atoms with Crippen LogP contribution in [0.3, 0.4) is 0 Å².